The average Bonchev–Trinajstić information content (AvgIpc) is 3.50. The fourth-order valence-corrected chi connectivity index (χ4v) is 5.01. The van der Waals surface area contributed by atoms with E-state index in [9.17, 15) is 0 Å². The minimum absolute atomic E-state index is 0.770. The maximum Gasteiger partial charge on any atom is 0.0537 e. The van der Waals surface area contributed by atoms with Gasteiger partial charge < -0.3 is 20.6 Å². The number of hydrogen-bond acceptors (Lipinski definition) is 2. The summed E-state index contributed by atoms with van der Waals surface area (Å²) in [6, 6.07) is 31.7. The topological polar surface area (TPSA) is 61.9 Å². The molecule has 0 saturated heterocycles. The maximum absolute atomic E-state index is 5.92. The van der Waals surface area contributed by atoms with Crippen LogP contribution in [0.2, 0.25) is 0 Å². The Labute approximate surface area is 210 Å². The molecule has 0 saturated carbocycles. The Bertz CT molecular complexity index is 1720. The van der Waals surface area contributed by atoms with Crippen LogP contribution in [0, 0.1) is 0 Å². The largest absolute Gasteiger partial charge is 0.399 e. The van der Waals surface area contributed by atoms with Crippen molar-refractivity contribution in [3.05, 3.63) is 126 Å². The molecule has 176 valence electrons. The first-order valence-electron chi connectivity index (χ1n) is 12.2. The number of hydrogen-bond donors (Lipinski definition) is 2. The summed E-state index contributed by atoms with van der Waals surface area (Å²) in [5.41, 5.74) is 21.7. The predicted molar refractivity (Wildman–Crippen MR) is 153 cm³/mol. The Hall–Kier alpha value is -4.70. The number of rotatable bonds is 5. The van der Waals surface area contributed by atoms with E-state index >= 15 is 0 Å². The summed E-state index contributed by atoms with van der Waals surface area (Å²) in [5.74, 6) is 0. The summed E-state index contributed by atoms with van der Waals surface area (Å²) in [6.45, 7) is 2.06. The van der Waals surface area contributed by atoms with Gasteiger partial charge >= 0.3 is 0 Å². The molecule has 0 aliphatic heterocycles. The zero-order chi connectivity index (χ0) is 24.6. The van der Waals surface area contributed by atoms with Gasteiger partial charge in [-0.15, -0.1) is 0 Å². The summed E-state index contributed by atoms with van der Waals surface area (Å²) in [5, 5.41) is 2.47. The van der Waals surface area contributed by atoms with Gasteiger partial charge in [-0.2, -0.15) is 0 Å². The van der Waals surface area contributed by atoms with Gasteiger partial charge in [0.2, 0.25) is 0 Å². The second-order valence-electron chi connectivity index (χ2n) is 9.24. The second kappa shape index (κ2) is 8.82. The summed E-state index contributed by atoms with van der Waals surface area (Å²) >= 11 is 0. The smallest absolute Gasteiger partial charge is 0.0537 e. The SMILES string of the molecule is C/C=C/c1cc(Cc2ccc3c(ccn3-c3ccc(N)cc3)c2)cc2c1ccn2-c1ccc(N)cc1. The van der Waals surface area contributed by atoms with Crippen molar-refractivity contribution in [3.63, 3.8) is 0 Å². The van der Waals surface area contributed by atoms with Crippen molar-refractivity contribution in [2.75, 3.05) is 11.5 Å². The van der Waals surface area contributed by atoms with E-state index < -0.39 is 0 Å². The van der Waals surface area contributed by atoms with Crippen LogP contribution in [-0.2, 0) is 6.42 Å². The highest BCUT2D eigenvalue weighted by Gasteiger charge is 2.10. The van der Waals surface area contributed by atoms with Crippen molar-refractivity contribution in [2.45, 2.75) is 13.3 Å². The van der Waals surface area contributed by atoms with E-state index in [0.717, 1.165) is 29.2 Å². The van der Waals surface area contributed by atoms with E-state index in [0.29, 0.717) is 0 Å². The molecule has 4 N–H and O–H groups in total. The van der Waals surface area contributed by atoms with Gasteiger partial charge in [0.15, 0.2) is 0 Å². The van der Waals surface area contributed by atoms with Gasteiger partial charge in [-0.3, -0.25) is 0 Å². The van der Waals surface area contributed by atoms with Crippen molar-refractivity contribution in [1.29, 1.82) is 0 Å². The molecule has 6 aromatic rings. The molecular weight excluding hydrogens is 440 g/mol. The average molecular weight is 469 g/mol. The number of fused-ring (bicyclic) bond motifs is 2. The number of benzene rings is 4. The summed E-state index contributed by atoms with van der Waals surface area (Å²) in [6.07, 6.45) is 9.41. The van der Waals surface area contributed by atoms with Gasteiger partial charge in [0, 0.05) is 45.9 Å². The maximum atomic E-state index is 5.92. The zero-order valence-electron chi connectivity index (χ0n) is 20.2. The molecule has 4 nitrogen and oxygen atoms in total. The number of anilines is 2. The summed E-state index contributed by atoms with van der Waals surface area (Å²) < 4.78 is 4.44. The van der Waals surface area contributed by atoms with Crippen LogP contribution in [0.4, 0.5) is 11.4 Å². The van der Waals surface area contributed by atoms with E-state index in [2.05, 4.69) is 107 Å². The van der Waals surface area contributed by atoms with Crippen LogP contribution >= 0.6 is 0 Å². The Kier molecular flexibility index (Phi) is 5.34. The van der Waals surface area contributed by atoms with Gasteiger partial charge in [-0.1, -0.05) is 24.3 Å². The highest BCUT2D eigenvalue weighted by Crippen LogP contribution is 2.29. The minimum atomic E-state index is 0.770. The Balaban J connectivity index is 1.39. The molecule has 0 spiro atoms. The zero-order valence-corrected chi connectivity index (χ0v) is 20.2. The van der Waals surface area contributed by atoms with Gasteiger partial charge in [0.1, 0.15) is 0 Å². The molecule has 0 aliphatic carbocycles. The minimum Gasteiger partial charge on any atom is -0.399 e. The molecule has 0 atom stereocenters. The van der Waals surface area contributed by atoms with Crippen molar-refractivity contribution >= 4 is 39.3 Å². The van der Waals surface area contributed by atoms with Crippen molar-refractivity contribution in [2.24, 2.45) is 0 Å². The molecule has 36 heavy (non-hydrogen) atoms. The fourth-order valence-electron chi connectivity index (χ4n) is 5.01. The number of allylic oxidation sites excluding steroid dienone is 1. The predicted octanol–water partition coefficient (Wildman–Crippen LogP) is 7.36. The lowest BCUT2D eigenvalue weighted by molar-refractivity contribution is 1.12. The van der Waals surface area contributed by atoms with Crippen LogP contribution in [0.3, 0.4) is 0 Å². The lowest BCUT2D eigenvalue weighted by Gasteiger charge is -2.11. The third-order valence-corrected chi connectivity index (χ3v) is 6.75. The lowest BCUT2D eigenvalue weighted by atomic mass is 9.99. The Morgan fingerprint density at radius 3 is 1.94 bits per heavy atom. The molecule has 2 heterocycles. The Morgan fingerprint density at radius 2 is 1.28 bits per heavy atom. The second-order valence-corrected chi connectivity index (χ2v) is 9.24. The molecule has 4 aromatic carbocycles. The summed E-state index contributed by atoms with van der Waals surface area (Å²) in [7, 11) is 0. The van der Waals surface area contributed by atoms with Crippen molar-refractivity contribution in [1.82, 2.24) is 9.13 Å². The molecular formula is C32H28N4. The third kappa shape index (κ3) is 3.93. The van der Waals surface area contributed by atoms with E-state index in [1.165, 1.54) is 38.5 Å². The van der Waals surface area contributed by atoms with Crippen LogP contribution in [0.15, 0.2) is 109 Å². The van der Waals surface area contributed by atoms with Crippen LogP contribution in [0.25, 0.3) is 39.3 Å². The van der Waals surface area contributed by atoms with Crippen molar-refractivity contribution < 1.29 is 0 Å². The normalized spacial score (nSPS) is 11.7. The van der Waals surface area contributed by atoms with Crippen LogP contribution < -0.4 is 11.5 Å². The quantitative estimate of drug-likeness (QED) is 0.260. The third-order valence-electron chi connectivity index (χ3n) is 6.75. The summed E-state index contributed by atoms with van der Waals surface area (Å²) in [4.78, 5) is 0. The molecule has 6 rings (SSSR count). The monoisotopic (exact) mass is 468 g/mol. The van der Waals surface area contributed by atoms with E-state index in [-0.39, 0.29) is 0 Å². The highest BCUT2D eigenvalue weighted by molar-refractivity contribution is 5.91. The standard InChI is InChI=1S/C32H28N4/c1-2-3-24-20-23(21-32-30(24)15-17-36(32)29-11-7-27(34)8-12-29)18-22-4-13-31-25(19-22)14-16-35(31)28-9-5-26(33)6-10-28/h2-17,19-21H,18,33-34H2,1H3/b3-2+. The molecule has 0 aliphatic rings. The van der Waals surface area contributed by atoms with Crippen LogP contribution in [-0.4, -0.2) is 9.13 Å². The molecule has 0 bridgehead atoms. The van der Waals surface area contributed by atoms with Crippen molar-refractivity contribution in [3.8, 4) is 11.4 Å². The lowest BCUT2D eigenvalue weighted by Crippen LogP contribution is -1.96. The van der Waals surface area contributed by atoms with E-state index in [1.807, 2.05) is 24.3 Å². The first-order chi connectivity index (χ1) is 17.6. The fraction of sp³-hybridized carbons (Fsp3) is 0.0625. The van der Waals surface area contributed by atoms with E-state index in [4.69, 9.17) is 11.5 Å². The number of nitrogen functional groups attached to an aromatic ring is 2. The van der Waals surface area contributed by atoms with E-state index in [1.54, 1.807) is 0 Å². The van der Waals surface area contributed by atoms with Gasteiger partial charge in [0.25, 0.3) is 0 Å². The number of aromatic nitrogens is 2. The molecule has 4 heteroatoms. The molecule has 0 unspecified atom stereocenters. The Morgan fingerprint density at radius 1 is 0.639 bits per heavy atom. The first-order valence-corrected chi connectivity index (χ1v) is 12.2. The van der Waals surface area contributed by atoms with Gasteiger partial charge in [0.05, 0.1) is 11.0 Å². The first kappa shape index (κ1) is 21.8. The van der Waals surface area contributed by atoms with Crippen LogP contribution in [0.1, 0.15) is 23.6 Å². The molecule has 0 fully saturated rings. The van der Waals surface area contributed by atoms with Gasteiger partial charge in [-0.25, -0.2) is 0 Å². The molecule has 0 radical (unpaired) electrons. The molecule has 0 amide bonds. The number of nitrogens with zero attached hydrogens (tertiary/aromatic N) is 2. The number of nitrogens with two attached hydrogens (primary N) is 2. The highest BCUT2D eigenvalue weighted by atomic mass is 15.0. The van der Waals surface area contributed by atoms with Crippen LogP contribution in [0.5, 0.6) is 0 Å². The molecule has 2 aromatic heterocycles. The van der Waals surface area contributed by atoms with Gasteiger partial charge in [-0.05, 0) is 109 Å².